The fraction of sp³-hybridized carbons (Fsp3) is 0. The number of rotatable bonds is 2. The second kappa shape index (κ2) is 6.22. The number of anilines is 1. The van der Waals surface area contributed by atoms with Crippen LogP contribution < -0.4 is 10.5 Å². The molecule has 2 aromatic carbocycles. The number of nitrogens with one attached hydrogen (secondary N) is 1. The van der Waals surface area contributed by atoms with Gasteiger partial charge in [0.2, 0.25) is 10.0 Å². The molecule has 0 saturated carbocycles. The Morgan fingerprint density at radius 2 is 1.62 bits per heavy atom. The maximum Gasteiger partial charge on any atom is 0.300 e. The molecular weight excluding hydrogens is 288 g/mol. The summed E-state index contributed by atoms with van der Waals surface area (Å²) in [5.41, 5.74) is 0.791. The lowest BCUT2D eigenvalue weighted by Crippen LogP contribution is -2.17. The summed E-state index contributed by atoms with van der Waals surface area (Å²) in [7, 11) is -3.91. The van der Waals surface area contributed by atoms with Gasteiger partial charge in [0.1, 0.15) is 4.90 Å². The van der Waals surface area contributed by atoms with Crippen molar-refractivity contribution < 1.29 is 13.2 Å². The van der Waals surface area contributed by atoms with E-state index in [2.05, 4.69) is 17.2 Å². The molecule has 2 rings (SSSR count). The second-order valence-electron chi connectivity index (χ2n) is 4.11. The molecule has 0 fully saturated rings. The fourth-order valence-electron chi connectivity index (χ4n) is 1.62. The van der Waals surface area contributed by atoms with Crippen LogP contribution in [0.1, 0.15) is 5.56 Å². The van der Waals surface area contributed by atoms with Crippen LogP contribution in [0, 0.1) is 11.8 Å². The van der Waals surface area contributed by atoms with Gasteiger partial charge in [-0.3, -0.25) is 4.79 Å². The highest BCUT2D eigenvalue weighted by Gasteiger charge is 2.14. The quantitative estimate of drug-likeness (QED) is 0.820. The molecule has 3 N–H and O–H groups in total. The van der Waals surface area contributed by atoms with E-state index < -0.39 is 15.9 Å². The number of nitrogens with two attached hydrogens (primary N) is 1. The lowest BCUT2D eigenvalue weighted by molar-refractivity contribution is -0.111. The van der Waals surface area contributed by atoms with Gasteiger partial charge in [-0.25, -0.2) is 13.6 Å². The molecule has 0 aliphatic rings. The summed E-state index contributed by atoms with van der Waals surface area (Å²) < 4.78 is 22.8. The van der Waals surface area contributed by atoms with Gasteiger partial charge in [-0.05, 0) is 24.3 Å². The Bertz CT molecular complexity index is 819. The lowest BCUT2D eigenvalue weighted by Gasteiger charge is -2.06. The number of hydrogen-bond acceptors (Lipinski definition) is 3. The van der Waals surface area contributed by atoms with Gasteiger partial charge in [-0.2, -0.15) is 0 Å². The fourth-order valence-corrected chi connectivity index (χ4v) is 2.32. The van der Waals surface area contributed by atoms with Gasteiger partial charge in [0.25, 0.3) is 0 Å². The molecule has 0 aliphatic carbocycles. The van der Waals surface area contributed by atoms with Crippen LogP contribution in [-0.4, -0.2) is 14.3 Å². The standard InChI is InChI=1S/C15H12N2O3S/c16-21(19,20)14-9-5-4-8-13(14)17-15(18)11-10-12-6-2-1-3-7-12/h1-9H,(H,17,18)(H2,16,19,20). The highest BCUT2D eigenvalue weighted by molar-refractivity contribution is 7.89. The lowest BCUT2D eigenvalue weighted by atomic mass is 10.2. The van der Waals surface area contributed by atoms with Crippen LogP contribution in [0.3, 0.4) is 0 Å². The predicted molar refractivity (Wildman–Crippen MR) is 79.8 cm³/mol. The van der Waals surface area contributed by atoms with E-state index in [0.717, 1.165) is 0 Å². The molecular formula is C15H12N2O3S. The second-order valence-corrected chi connectivity index (χ2v) is 5.64. The predicted octanol–water partition coefficient (Wildman–Crippen LogP) is 1.32. The molecule has 0 saturated heterocycles. The van der Waals surface area contributed by atoms with Crippen molar-refractivity contribution in [1.29, 1.82) is 0 Å². The third-order valence-electron chi connectivity index (χ3n) is 2.54. The number of primary sulfonamides is 1. The SMILES string of the molecule is NS(=O)(=O)c1ccccc1NC(=O)C#Cc1ccccc1. The molecule has 21 heavy (non-hydrogen) atoms. The maximum absolute atomic E-state index is 11.7. The molecule has 1 amide bonds. The summed E-state index contributed by atoms with van der Waals surface area (Å²) in [6.07, 6.45) is 0. The van der Waals surface area contributed by atoms with Crippen molar-refractivity contribution in [1.82, 2.24) is 0 Å². The van der Waals surface area contributed by atoms with Crippen molar-refractivity contribution >= 4 is 21.6 Å². The minimum absolute atomic E-state index is 0.104. The molecule has 0 radical (unpaired) electrons. The number of sulfonamides is 1. The van der Waals surface area contributed by atoms with E-state index in [1.165, 1.54) is 18.2 Å². The largest absolute Gasteiger partial charge is 0.314 e. The van der Waals surface area contributed by atoms with Gasteiger partial charge in [0.05, 0.1) is 5.69 Å². The van der Waals surface area contributed by atoms with Crippen LogP contribution in [0.5, 0.6) is 0 Å². The normalized spacial score (nSPS) is 10.3. The first-order valence-electron chi connectivity index (χ1n) is 5.97. The van der Waals surface area contributed by atoms with E-state index >= 15 is 0 Å². The Hall–Kier alpha value is -2.62. The smallest absolute Gasteiger partial charge is 0.300 e. The highest BCUT2D eigenvalue weighted by atomic mass is 32.2. The van der Waals surface area contributed by atoms with E-state index in [1.807, 2.05) is 6.07 Å². The Morgan fingerprint density at radius 1 is 1.00 bits per heavy atom. The Morgan fingerprint density at radius 3 is 2.29 bits per heavy atom. The zero-order chi connectivity index (χ0) is 15.3. The van der Waals surface area contributed by atoms with E-state index in [4.69, 9.17) is 5.14 Å². The molecule has 0 heterocycles. The van der Waals surface area contributed by atoms with Crippen LogP contribution in [0.2, 0.25) is 0 Å². The van der Waals surface area contributed by atoms with Crippen molar-refractivity contribution in [3.63, 3.8) is 0 Å². The molecule has 0 unspecified atom stereocenters. The van der Waals surface area contributed by atoms with Crippen molar-refractivity contribution in [3.8, 4) is 11.8 Å². The summed E-state index contributed by atoms with van der Waals surface area (Å²) in [4.78, 5) is 11.6. The zero-order valence-electron chi connectivity index (χ0n) is 10.9. The van der Waals surface area contributed by atoms with Crippen LogP contribution in [0.15, 0.2) is 59.5 Å². The number of carbonyl (C=O) groups is 1. The molecule has 0 aromatic heterocycles. The average Bonchev–Trinajstić information content (AvgIpc) is 2.46. The topological polar surface area (TPSA) is 89.3 Å². The number of amides is 1. The summed E-state index contributed by atoms with van der Waals surface area (Å²) in [6.45, 7) is 0. The number of hydrogen-bond donors (Lipinski definition) is 2. The Kier molecular flexibility index (Phi) is 4.38. The Balaban J connectivity index is 2.20. The van der Waals surface area contributed by atoms with Crippen LogP contribution in [-0.2, 0) is 14.8 Å². The summed E-state index contributed by atoms with van der Waals surface area (Å²) >= 11 is 0. The van der Waals surface area contributed by atoms with Crippen molar-refractivity contribution in [2.24, 2.45) is 5.14 Å². The van der Waals surface area contributed by atoms with E-state index in [1.54, 1.807) is 30.3 Å². The molecule has 0 spiro atoms. The average molecular weight is 300 g/mol. The van der Waals surface area contributed by atoms with Gasteiger partial charge < -0.3 is 5.32 Å². The first-order chi connectivity index (χ1) is 9.97. The summed E-state index contributed by atoms with van der Waals surface area (Å²) in [6, 6.07) is 14.8. The van der Waals surface area contributed by atoms with Crippen LogP contribution in [0.4, 0.5) is 5.69 Å². The Labute approximate surface area is 122 Å². The molecule has 0 aliphatic heterocycles. The molecule has 0 bridgehead atoms. The first-order valence-corrected chi connectivity index (χ1v) is 7.51. The number of para-hydroxylation sites is 1. The minimum Gasteiger partial charge on any atom is -0.314 e. The van der Waals surface area contributed by atoms with Gasteiger partial charge in [0, 0.05) is 11.5 Å². The summed E-state index contributed by atoms with van der Waals surface area (Å²) in [5, 5.41) is 7.50. The molecule has 5 nitrogen and oxygen atoms in total. The van der Waals surface area contributed by atoms with E-state index in [9.17, 15) is 13.2 Å². The monoisotopic (exact) mass is 300 g/mol. The van der Waals surface area contributed by atoms with Gasteiger partial charge in [-0.1, -0.05) is 36.3 Å². The highest BCUT2D eigenvalue weighted by Crippen LogP contribution is 2.18. The van der Waals surface area contributed by atoms with Crippen molar-refractivity contribution in [2.75, 3.05) is 5.32 Å². The minimum atomic E-state index is -3.91. The van der Waals surface area contributed by atoms with E-state index in [0.29, 0.717) is 5.56 Å². The summed E-state index contributed by atoms with van der Waals surface area (Å²) in [5.74, 6) is 4.45. The van der Waals surface area contributed by atoms with Crippen LogP contribution >= 0.6 is 0 Å². The van der Waals surface area contributed by atoms with Crippen molar-refractivity contribution in [2.45, 2.75) is 4.90 Å². The van der Waals surface area contributed by atoms with Gasteiger partial charge in [0.15, 0.2) is 0 Å². The molecule has 6 heteroatoms. The zero-order valence-corrected chi connectivity index (χ0v) is 11.7. The maximum atomic E-state index is 11.7. The van der Waals surface area contributed by atoms with Gasteiger partial charge >= 0.3 is 5.91 Å². The van der Waals surface area contributed by atoms with Crippen molar-refractivity contribution in [3.05, 3.63) is 60.2 Å². The molecule has 2 aromatic rings. The van der Waals surface area contributed by atoms with Crippen LogP contribution in [0.25, 0.3) is 0 Å². The van der Waals surface area contributed by atoms with Gasteiger partial charge in [-0.15, -0.1) is 0 Å². The number of carbonyl (C=O) groups excluding carboxylic acids is 1. The molecule has 106 valence electrons. The first kappa shape index (κ1) is 14.8. The third-order valence-corrected chi connectivity index (χ3v) is 3.50. The molecule has 0 atom stereocenters. The third kappa shape index (κ3) is 4.18. The number of benzene rings is 2. The van der Waals surface area contributed by atoms with E-state index in [-0.39, 0.29) is 10.6 Å².